The highest BCUT2D eigenvalue weighted by Crippen LogP contribution is 2.18. The Hall–Kier alpha value is -0.570. The Bertz CT molecular complexity index is 192. The van der Waals surface area contributed by atoms with Gasteiger partial charge in [0, 0.05) is 25.0 Å². The lowest BCUT2D eigenvalue weighted by Crippen LogP contribution is -2.45. The lowest BCUT2D eigenvalue weighted by Gasteiger charge is -2.31. The summed E-state index contributed by atoms with van der Waals surface area (Å²) in [5.41, 5.74) is 0. The topological polar surface area (TPSA) is 41.1 Å². The first kappa shape index (κ1) is 11.5. The average Bonchev–Trinajstić information content (AvgIpc) is 2.01. The molecule has 14 heavy (non-hydrogen) atoms. The van der Waals surface area contributed by atoms with Crippen LogP contribution in [0.25, 0.3) is 0 Å². The Morgan fingerprint density at radius 1 is 1.29 bits per heavy atom. The van der Waals surface area contributed by atoms with Gasteiger partial charge in [-0.2, -0.15) is 0 Å². The van der Waals surface area contributed by atoms with Crippen LogP contribution in [0.1, 0.15) is 46.5 Å². The minimum atomic E-state index is 0.0974. The van der Waals surface area contributed by atoms with Crippen LogP contribution in [0.3, 0.4) is 0 Å². The Morgan fingerprint density at radius 2 is 1.93 bits per heavy atom. The molecular formula is C11H22N2O. The molecule has 0 heterocycles. The third-order valence-electron chi connectivity index (χ3n) is 2.65. The van der Waals surface area contributed by atoms with Crippen molar-refractivity contribution >= 4 is 5.91 Å². The van der Waals surface area contributed by atoms with Crippen LogP contribution in [-0.4, -0.2) is 24.0 Å². The van der Waals surface area contributed by atoms with Crippen molar-refractivity contribution in [2.75, 3.05) is 0 Å². The molecule has 1 fully saturated rings. The zero-order valence-electron chi connectivity index (χ0n) is 9.47. The smallest absolute Gasteiger partial charge is 0.217 e. The van der Waals surface area contributed by atoms with E-state index in [-0.39, 0.29) is 5.91 Å². The van der Waals surface area contributed by atoms with E-state index in [0.29, 0.717) is 18.1 Å². The third kappa shape index (κ3) is 4.09. The fraction of sp³-hybridized carbons (Fsp3) is 0.909. The number of nitrogens with one attached hydrogen (secondary N) is 2. The van der Waals surface area contributed by atoms with Crippen molar-refractivity contribution in [2.24, 2.45) is 0 Å². The molecule has 82 valence electrons. The van der Waals surface area contributed by atoms with E-state index in [4.69, 9.17) is 0 Å². The van der Waals surface area contributed by atoms with Crippen molar-refractivity contribution in [1.29, 1.82) is 0 Å². The van der Waals surface area contributed by atoms with Crippen LogP contribution in [-0.2, 0) is 4.79 Å². The third-order valence-corrected chi connectivity index (χ3v) is 2.65. The maximum Gasteiger partial charge on any atom is 0.217 e. The fourth-order valence-electron chi connectivity index (χ4n) is 2.23. The highest BCUT2D eigenvalue weighted by molar-refractivity contribution is 5.73. The van der Waals surface area contributed by atoms with Gasteiger partial charge in [0.1, 0.15) is 0 Å². The quantitative estimate of drug-likeness (QED) is 0.720. The van der Waals surface area contributed by atoms with Gasteiger partial charge in [0.25, 0.3) is 0 Å². The van der Waals surface area contributed by atoms with E-state index >= 15 is 0 Å². The normalized spacial score (nSPS) is 27.7. The molecule has 0 radical (unpaired) electrons. The first-order valence-electron chi connectivity index (χ1n) is 5.61. The first-order valence-corrected chi connectivity index (χ1v) is 5.61. The maximum absolute atomic E-state index is 10.9. The second-order valence-electron chi connectivity index (χ2n) is 4.58. The van der Waals surface area contributed by atoms with Crippen LogP contribution in [0.15, 0.2) is 0 Å². The Morgan fingerprint density at radius 3 is 2.50 bits per heavy atom. The van der Waals surface area contributed by atoms with Crippen molar-refractivity contribution in [3.05, 3.63) is 0 Å². The predicted molar refractivity (Wildman–Crippen MR) is 58.1 cm³/mol. The van der Waals surface area contributed by atoms with Crippen LogP contribution in [0.2, 0.25) is 0 Å². The van der Waals surface area contributed by atoms with Gasteiger partial charge in [-0.25, -0.2) is 0 Å². The number of hydrogen-bond donors (Lipinski definition) is 2. The summed E-state index contributed by atoms with van der Waals surface area (Å²) in [7, 11) is 0. The molecule has 0 aromatic rings. The Kier molecular flexibility index (Phi) is 4.39. The molecule has 0 bridgehead atoms. The number of rotatable bonds is 3. The monoisotopic (exact) mass is 198 g/mol. The van der Waals surface area contributed by atoms with E-state index in [9.17, 15) is 4.79 Å². The molecule has 1 rings (SSSR count). The summed E-state index contributed by atoms with van der Waals surface area (Å²) in [6.07, 6.45) is 4.68. The van der Waals surface area contributed by atoms with Gasteiger partial charge in [-0.15, -0.1) is 0 Å². The van der Waals surface area contributed by atoms with E-state index in [2.05, 4.69) is 24.5 Å². The molecule has 0 aromatic heterocycles. The molecule has 1 aliphatic rings. The molecule has 0 aliphatic heterocycles. The molecule has 1 aliphatic carbocycles. The Labute approximate surface area is 86.6 Å². The maximum atomic E-state index is 10.9. The van der Waals surface area contributed by atoms with E-state index in [1.165, 1.54) is 12.8 Å². The van der Waals surface area contributed by atoms with E-state index < -0.39 is 0 Å². The minimum absolute atomic E-state index is 0.0974. The van der Waals surface area contributed by atoms with Crippen LogP contribution in [0.5, 0.6) is 0 Å². The SMILES string of the molecule is CC(=O)N[C@@H]1CCC[C@H](NC(C)C)C1. The summed E-state index contributed by atoms with van der Waals surface area (Å²) in [5, 5.41) is 6.54. The van der Waals surface area contributed by atoms with Gasteiger partial charge >= 0.3 is 0 Å². The summed E-state index contributed by atoms with van der Waals surface area (Å²) in [4.78, 5) is 10.9. The minimum Gasteiger partial charge on any atom is -0.354 e. The summed E-state index contributed by atoms with van der Waals surface area (Å²) < 4.78 is 0. The average molecular weight is 198 g/mol. The summed E-state index contributed by atoms with van der Waals surface area (Å²) in [6, 6.07) is 1.51. The van der Waals surface area contributed by atoms with Crippen molar-refractivity contribution in [3.8, 4) is 0 Å². The van der Waals surface area contributed by atoms with Gasteiger partial charge in [-0.3, -0.25) is 4.79 Å². The van der Waals surface area contributed by atoms with Crippen LogP contribution >= 0.6 is 0 Å². The van der Waals surface area contributed by atoms with E-state index in [0.717, 1.165) is 12.8 Å². The van der Waals surface area contributed by atoms with Crippen molar-refractivity contribution < 1.29 is 4.79 Å². The summed E-state index contributed by atoms with van der Waals surface area (Å²) >= 11 is 0. The highest BCUT2D eigenvalue weighted by Gasteiger charge is 2.22. The number of carbonyl (C=O) groups excluding carboxylic acids is 1. The molecule has 2 N–H and O–H groups in total. The van der Waals surface area contributed by atoms with Gasteiger partial charge < -0.3 is 10.6 Å². The van der Waals surface area contributed by atoms with Crippen LogP contribution in [0, 0.1) is 0 Å². The molecule has 1 amide bonds. The van der Waals surface area contributed by atoms with Gasteiger partial charge in [0.05, 0.1) is 0 Å². The second-order valence-corrected chi connectivity index (χ2v) is 4.58. The zero-order chi connectivity index (χ0) is 10.6. The Balaban J connectivity index is 2.32. The number of hydrogen-bond acceptors (Lipinski definition) is 2. The van der Waals surface area contributed by atoms with Gasteiger partial charge in [-0.05, 0) is 25.7 Å². The van der Waals surface area contributed by atoms with E-state index in [1.807, 2.05) is 0 Å². The summed E-state index contributed by atoms with van der Waals surface area (Å²) in [6.45, 7) is 5.93. The van der Waals surface area contributed by atoms with Gasteiger partial charge in [0.2, 0.25) is 5.91 Å². The van der Waals surface area contributed by atoms with Gasteiger partial charge in [-0.1, -0.05) is 13.8 Å². The second kappa shape index (κ2) is 5.35. The zero-order valence-corrected chi connectivity index (χ0v) is 9.47. The lowest BCUT2D eigenvalue weighted by atomic mass is 9.90. The first-order chi connectivity index (χ1) is 6.58. The molecule has 0 spiro atoms. The largest absolute Gasteiger partial charge is 0.354 e. The van der Waals surface area contributed by atoms with Crippen LogP contribution < -0.4 is 10.6 Å². The van der Waals surface area contributed by atoms with Crippen molar-refractivity contribution in [1.82, 2.24) is 10.6 Å². The summed E-state index contributed by atoms with van der Waals surface area (Å²) in [5.74, 6) is 0.0974. The van der Waals surface area contributed by atoms with Crippen LogP contribution in [0.4, 0.5) is 0 Å². The fourth-order valence-corrected chi connectivity index (χ4v) is 2.23. The molecule has 3 heteroatoms. The van der Waals surface area contributed by atoms with Gasteiger partial charge in [0.15, 0.2) is 0 Å². The molecule has 0 aromatic carbocycles. The molecule has 0 saturated heterocycles. The van der Waals surface area contributed by atoms with Crippen molar-refractivity contribution in [3.63, 3.8) is 0 Å². The molecule has 3 nitrogen and oxygen atoms in total. The predicted octanol–water partition coefficient (Wildman–Crippen LogP) is 1.43. The highest BCUT2D eigenvalue weighted by atomic mass is 16.1. The molecular weight excluding hydrogens is 176 g/mol. The number of carbonyl (C=O) groups is 1. The molecule has 1 saturated carbocycles. The number of amides is 1. The molecule has 0 unspecified atom stereocenters. The van der Waals surface area contributed by atoms with E-state index in [1.54, 1.807) is 6.92 Å². The molecule has 2 atom stereocenters. The standard InChI is InChI=1S/C11H22N2O/c1-8(2)12-10-5-4-6-11(7-10)13-9(3)14/h8,10-12H,4-7H2,1-3H3,(H,13,14)/t10-,11+/m0/s1. The van der Waals surface area contributed by atoms with Crippen molar-refractivity contribution in [2.45, 2.75) is 64.6 Å². The lowest BCUT2D eigenvalue weighted by molar-refractivity contribution is -0.119.